The second kappa shape index (κ2) is 7.25. The molecule has 5 nitrogen and oxygen atoms in total. The van der Waals surface area contributed by atoms with E-state index in [4.69, 9.17) is 4.74 Å². The van der Waals surface area contributed by atoms with E-state index in [1.54, 1.807) is 4.90 Å². The van der Waals surface area contributed by atoms with Crippen LogP contribution in [0.4, 0.5) is 0 Å². The molecule has 0 aromatic rings. The van der Waals surface area contributed by atoms with Crippen LogP contribution in [-0.2, 0) is 14.3 Å². The van der Waals surface area contributed by atoms with E-state index in [2.05, 4.69) is 19.2 Å². The van der Waals surface area contributed by atoms with Crippen LogP contribution in [0.5, 0.6) is 0 Å². The monoisotopic (exact) mass is 298 g/mol. The highest BCUT2D eigenvalue weighted by Gasteiger charge is 2.41. The molecule has 1 rings (SSSR count). The first-order chi connectivity index (χ1) is 9.71. The Labute approximate surface area is 128 Å². The molecule has 2 unspecified atom stereocenters. The van der Waals surface area contributed by atoms with Gasteiger partial charge in [0.2, 0.25) is 11.8 Å². The summed E-state index contributed by atoms with van der Waals surface area (Å²) in [5.74, 6) is 0.331. The summed E-state index contributed by atoms with van der Waals surface area (Å²) in [6, 6.07) is -0.793. The van der Waals surface area contributed by atoms with Gasteiger partial charge in [-0.3, -0.25) is 9.59 Å². The van der Waals surface area contributed by atoms with Crippen molar-refractivity contribution in [3.05, 3.63) is 0 Å². The lowest BCUT2D eigenvalue weighted by Gasteiger charge is -2.42. The molecule has 0 saturated carbocycles. The van der Waals surface area contributed by atoms with Gasteiger partial charge in [-0.1, -0.05) is 20.8 Å². The fourth-order valence-electron chi connectivity index (χ4n) is 2.90. The Bertz CT molecular complexity index is 380. The highest BCUT2D eigenvalue weighted by Crippen LogP contribution is 2.21. The standard InChI is InChI=1S/C16H30N2O3/c1-7-13-14(19)17-12(9-11(3)4)15(20)18(13)10-16(5,6)21-8-2/h11-13H,7-10H2,1-6H3,(H,17,19). The molecule has 2 amide bonds. The van der Waals surface area contributed by atoms with Gasteiger partial charge in [0.25, 0.3) is 0 Å². The lowest BCUT2D eigenvalue weighted by atomic mass is 9.96. The molecule has 1 aliphatic rings. The Balaban J connectivity index is 2.93. The van der Waals surface area contributed by atoms with Gasteiger partial charge in [-0.15, -0.1) is 0 Å². The molecule has 21 heavy (non-hydrogen) atoms. The van der Waals surface area contributed by atoms with Crippen molar-refractivity contribution in [3.8, 4) is 0 Å². The van der Waals surface area contributed by atoms with E-state index in [9.17, 15) is 9.59 Å². The molecule has 0 spiro atoms. The lowest BCUT2D eigenvalue weighted by molar-refractivity contribution is -0.154. The summed E-state index contributed by atoms with van der Waals surface area (Å²) in [4.78, 5) is 26.7. The first kappa shape index (κ1) is 18.0. The summed E-state index contributed by atoms with van der Waals surface area (Å²) in [7, 11) is 0. The van der Waals surface area contributed by atoms with Crippen LogP contribution < -0.4 is 5.32 Å². The fraction of sp³-hybridized carbons (Fsp3) is 0.875. The van der Waals surface area contributed by atoms with Crippen molar-refractivity contribution >= 4 is 11.8 Å². The molecule has 0 aromatic carbocycles. The maximum atomic E-state index is 12.7. The van der Waals surface area contributed by atoms with Crippen molar-refractivity contribution in [3.63, 3.8) is 0 Å². The first-order valence-electron chi connectivity index (χ1n) is 7.96. The van der Waals surface area contributed by atoms with E-state index in [0.717, 1.165) is 0 Å². The quantitative estimate of drug-likeness (QED) is 0.781. The lowest BCUT2D eigenvalue weighted by Crippen LogP contribution is -2.65. The third-order valence-electron chi connectivity index (χ3n) is 3.76. The van der Waals surface area contributed by atoms with Crippen LogP contribution >= 0.6 is 0 Å². The Morgan fingerprint density at radius 1 is 1.29 bits per heavy atom. The average molecular weight is 298 g/mol. The van der Waals surface area contributed by atoms with E-state index in [1.165, 1.54) is 0 Å². The number of piperazine rings is 1. The Hall–Kier alpha value is -1.10. The predicted octanol–water partition coefficient (Wildman–Crippen LogP) is 1.95. The van der Waals surface area contributed by atoms with Gasteiger partial charge in [0.1, 0.15) is 12.1 Å². The number of nitrogens with one attached hydrogen (secondary N) is 1. The third-order valence-corrected chi connectivity index (χ3v) is 3.76. The smallest absolute Gasteiger partial charge is 0.245 e. The number of carbonyl (C=O) groups excluding carboxylic acids is 2. The second-order valence-electron chi connectivity index (χ2n) is 6.77. The van der Waals surface area contributed by atoms with E-state index in [0.29, 0.717) is 31.9 Å². The van der Waals surface area contributed by atoms with E-state index in [-0.39, 0.29) is 17.9 Å². The van der Waals surface area contributed by atoms with Crippen LogP contribution in [0.1, 0.15) is 54.4 Å². The molecular formula is C16H30N2O3. The maximum Gasteiger partial charge on any atom is 0.245 e. The van der Waals surface area contributed by atoms with Crippen molar-refractivity contribution in [1.29, 1.82) is 0 Å². The number of ether oxygens (including phenoxy) is 1. The van der Waals surface area contributed by atoms with Gasteiger partial charge in [-0.05, 0) is 39.5 Å². The number of rotatable bonds is 7. The molecule has 1 aliphatic heterocycles. The van der Waals surface area contributed by atoms with Crippen LogP contribution in [0.3, 0.4) is 0 Å². The summed E-state index contributed by atoms with van der Waals surface area (Å²) < 4.78 is 5.70. The van der Waals surface area contributed by atoms with Gasteiger partial charge in [-0.25, -0.2) is 0 Å². The Morgan fingerprint density at radius 2 is 1.90 bits per heavy atom. The highest BCUT2D eigenvalue weighted by atomic mass is 16.5. The van der Waals surface area contributed by atoms with E-state index in [1.807, 2.05) is 27.7 Å². The zero-order valence-corrected chi connectivity index (χ0v) is 14.2. The van der Waals surface area contributed by atoms with Crippen molar-refractivity contribution in [2.24, 2.45) is 5.92 Å². The van der Waals surface area contributed by atoms with Crippen molar-refractivity contribution in [1.82, 2.24) is 10.2 Å². The molecule has 0 aliphatic carbocycles. The average Bonchev–Trinajstić information content (AvgIpc) is 2.34. The zero-order valence-electron chi connectivity index (χ0n) is 14.2. The van der Waals surface area contributed by atoms with Crippen LogP contribution in [-0.4, -0.2) is 47.6 Å². The Morgan fingerprint density at radius 3 is 2.38 bits per heavy atom. The molecule has 0 radical (unpaired) electrons. The number of nitrogens with zero attached hydrogens (tertiary/aromatic N) is 1. The highest BCUT2D eigenvalue weighted by molar-refractivity contribution is 5.97. The fourth-order valence-corrected chi connectivity index (χ4v) is 2.90. The second-order valence-corrected chi connectivity index (χ2v) is 6.77. The molecule has 1 fully saturated rings. The van der Waals surface area contributed by atoms with Crippen LogP contribution in [0.25, 0.3) is 0 Å². The summed E-state index contributed by atoms with van der Waals surface area (Å²) in [5.41, 5.74) is -0.447. The minimum Gasteiger partial charge on any atom is -0.374 e. The summed E-state index contributed by atoms with van der Waals surface area (Å²) in [6.07, 6.45) is 1.29. The molecule has 5 heteroatoms. The number of carbonyl (C=O) groups is 2. The van der Waals surface area contributed by atoms with Crippen LogP contribution in [0.2, 0.25) is 0 Å². The molecule has 122 valence electrons. The van der Waals surface area contributed by atoms with Gasteiger partial charge >= 0.3 is 0 Å². The molecular weight excluding hydrogens is 268 g/mol. The minimum absolute atomic E-state index is 0.0166. The summed E-state index contributed by atoms with van der Waals surface area (Å²) in [6.45, 7) is 12.9. The van der Waals surface area contributed by atoms with Crippen molar-refractivity contribution in [2.45, 2.75) is 72.1 Å². The van der Waals surface area contributed by atoms with Gasteiger partial charge < -0.3 is 15.0 Å². The topological polar surface area (TPSA) is 58.6 Å². The number of hydrogen-bond acceptors (Lipinski definition) is 3. The van der Waals surface area contributed by atoms with Crippen molar-refractivity contribution in [2.75, 3.05) is 13.2 Å². The van der Waals surface area contributed by atoms with Gasteiger partial charge in [0.15, 0.2) is 0 Å². The van der Waals surface area contributed by atoms with Gasteiger partial charge in [0, 0.05) is 6.61 Å². The molecule has 0 aromatic heterocycles. The molecule has 2 atom stereocenters. The Kier molecular flexibility index (Phi) is 6.20. The molecule has 1 N–H and O–H groups in total. The van der Waals surface area contributed by atoms with Crippen LogP contribution in [0, 0.1) is 5.92 Å². The first-order valence-corrected chi connectivity index (χ1v) is 7.96. The molecule has 1 heterocycles. The van der Waals surface area contributed by atoms with E-state index < -0.39 is 11.6 Å². The largest absolute Gasteiger partial charge is 0.374 e. The minimum atomic E-state index is -0.447. The summed E-state index contributed by atoms with van der Waals surface area (Å²) in [5, 5.41) is 2.88. The SMILES string of the molecule is CCOC(C)(C)CN1C(=O)C(CC(C)C)NC(=O)C1CC. The zero-order chi connectivity index (χ0) is 16.2. The normalized spacial score (nSPS) is 23.7. The third kappa shape index (κ3) is 4.70. The van der Waals surface area contributed by atoms with Crippen LogP contribution in [0.15, 0.2) is 0 Å². The van der Waals surface area contributed by atoms with Gasteiger partial charge in [-0.2, -0.15) is 0 Å². The van der Waals surface area contributed by atoms with Gasteiger partial charge in [0.05, 0.1) is 12.1 Å². The number of hydrogen-bond donors (Lipinski definition) is 1. The molecule has 0 bridgehead atoms. The molecule has 1 saturated heterocycles. The number of amides is 2. The van der Waals surface area contributed by atoms with Crippen molar-refractivity contribution < 1.29 is 14.3 Å². The summed E-state index contributed by atoms with van der Waals surface area (Å²) >= 11 is 0. The van der Waals surface area contributed by atoms with E-state index >= 15 is 0 Å². The predicted molar refractivity (Wildman–Crippen MR) is 82.9 cm³/mol. The maximum absolute atomic E-state index is 12.7.